The van der Waals surface area contributed by atoms with Crippen LogP contribution >= 0.6 is 11.8 Å². The van der Waals surface area contributed by atoms with Gasteiger partial charge in [-0.25, -0.2) is 0 Å². The molecule has 1 aliphatic rings. The number of furan rings is 1. The van der Waals surface area contributed by atoms with Crippen LogP contribution in [0.1, 0.15) is 26.5 Å². The predicted molar refractivity (Wildman–Crippen MR) is 105 cm³/mol. The van der Waals surface area contributed by atoms with Gasteiger partial charge < -0.3 is 4.42 Å². The van der Waals surface area contributed by atoms with Crippen LogP contribution < -0.4 is 0 Å². The number of rotatable bonds is 7. The Morgan fingerprint density at radius 3 is 2.43 bits per heavy atom. The van der Waals surface area contributed by atoms with Crippen molar-refractivity contribution in [1.82, 2.24) is 19.7 Å². The molecule has 4 rings (SSSR count). The number of fused-ring (bicyclic) bond motifs is 1. The summed E-state index contributed by atoms with van der Waals surface area (Å²) in [6.07, 6.45) is 3.39. The lowest BCUT2D eigenvalue weighted by atomic mass is 10.1. The molecule has 0 unspecified atom stereocenters. The summed E-state index contributed by atoms with van der Waals surface area (Å²) >= 11 is 1.45. The molecule has 7 nitrogen and oxygen atoms in total. The van der Waals surface area contributed by atoms with E-state index in [0.29, 0.717) is 41.0 Å². The van der Waals surface area contributed by atoms with Gasteiger partial charge in [-0.2, -0.15) is 0 Å². The summed E-state index contributed by atoms with van der Waals surface area (Å²) in [5.41, 5.74) is 1.80. The van der Waals surface area contributed by atoms with Crippen LogP contribution in [0.25, 0.3) is 11.4 Å². The van der Waals surface area contributed by atoms with Crippen LogP contribution in [0.2, 0.25) is 0 Å². The molecule has 3 heterocycles. The molecular weight excluding hydrogens is 376 g/mol. The Morgan fingerprint density at radius 1 is 1.11 bits per heavy atom. The Morgan fingerprint density at radius 2 is 1.82 bits per heavy atom. The molecule has 0 spiro atoms. The van der Waals surface area contributed by atoms with Crippen molar-refractivity contribution in [2.24, 2.45) is 0 Å². The van der Waals surface area contributed by atoms with Crippen molar-refractivity contribution in [3.05, 3.63) is 66.1 Å². The molecule has 0 N–H and O–H groups in total. The average molecular weight is 394 g/mol. The molecule has 0 radical (unpaired) electrons. The van der Waals surface area contributed by atoms with Crippen molar-refractivity contribution in [1.29, 1.82) is 0 Å². The third-order valence-corrected chi connectivity index (χ3v) is 5.50. The van der Waals surface area contributed by atoms with Crippen LogP contribution in [0.5, 0.6) is 0 Å². The smallest absolute Gasteiger partial charge is 0.261 e. The summed E-state index contributed by atoms with van der Waals surface area (Å²) in [4.78, 5) is 26.2. The summed E-state index contributed by atoms with van der Waals surface area (Å²) in [7, 11) is 0. The molecule has 2 aromatic heterocycles. The Hall–Kier alpha value is -3.13. The lowest BCUT2D eigenvalue weighted by Gasteiger charge is -2.13. The van der Waals surface area contributed by atoms with E-state index in [4.69, 9.17) is 4.42 Å². The van der Waals surface area contributed by atoms with Gasteiger partial charge in [-0.15, -0.1) is 16.8 Å². The molecule has 0 atom stereocenters. The maximum Gasteiger partial charge on any atom is 0.261 e. The summed E-state index contributed by atoms with van der Waals surface area (Å²) < 4.78 is 7.31. The van der Waals surface area contributed by atoms with Crippen LogP contribution in [-0.2, 0) is 6.54 Å². The monoisotopic (exact) mass is 394 g/mol. The molecule has 142 valence electrons. The summed E-state index contributed by atoms with van der Waals surface area (Å²) in [5.74, 6) is 1.49. The van der Waals surface area contributed by atoms with Crippen LogP contribution in [0, 0.1) is 6.92 Å². The summed E-state index contributed by atoms with van der Waals surface area (Å²) in [6.45, 7) is 6.52. The zero-order chi connectivity index (χ0) is 19.7. The Labute approximate surface area is 166 Å². The molecule has 3 aromatic rings. The van der Waals surface area contributed by atoms with E-state index < -0.39 is 0 Å². The fourth-order valence-corrected chi connectivity index (χ4v) is 4.05. The minimum Gasteiger partial charge on any atom is -0.469 e. The highest BCUT2D eigenvalue weighted by Gasteiger charge is 2.34. The van der Waals surface area contributed by atoms with E-state index in [2.05, 4.69) is 16.8 Å². The minimum atomic E-state index is -0.247. The molecule has 8 heteroatoms. The lowest BCUT2D eigenvalue weighted by molar-refractivity contribution is 0.0664. The zero-order valence-corrected chi connectivity index (χ0v) is 16.1. The molecular formula is C20H18N4O3S. The van der Waals surface area contributed by atoms with Gasteiger partial charge in [0.2, 0.25) is 0 Å². The topological polar surface area (TPSA) is 81.2 Å². The molecule has 0 saturated carbocycles. The van der Waals surface area contributed by atoms with Gasteiger partial charge in [-0.1, -0.05) is 30.0 Å². The van der Waals surface area contributed by atoms with Crippen LogP contribution in [-0.4, -0.2) is 43.8 Å². The molecule has 1 aromatic carbocycles. The van der Waals surface area contributed by atoms with Crippen LogP contribution in [0.3, 0.4) is 0 Å². The predicted octanol–water partition coefficient (Wildman–Crippen LogP) is 3.42. The number of imide groups is 1. The van der Waals surface area contributed by atoms with Gasteiger partial charge in [0.1, 0.15) is 5.76 Å². The van der Waals surface area contributed by atoms with Crippen molar-refractivity contribution < 1.29 is 14.0 Å². The Bertz CT molecular complexity index is 1030. The van der Waals surface area contributed by atoms with E-state index >= 15 is 0 Å². The first-order chi connectivity index (χ1) is 13.6. The fraction of sp³-hybridized carbons (Fsp3) is 0.200. The van der Waals surface area contributed by atoms with Crippen molar-refractivity contribution in [2.45, 2.75) is 18.6 Å². The number of aryl methyl sites for hydroxylation is 1. The van der Waals surface area contributed by atoms with E-state index in [0.717, 1.165) is 11.3 Å². The largest absolute Gasteiger partial charge is 0.469 e. The van der Waals surface area contributed by atoms with Crippen LogP contribution in [0.4, 0.5) is 0 Å². The van der Waals surface area contributed by atoms with Gasteiger partial charge in [0, 0.05) is 18.8 Å². The number of carbonyl (C=O) groups is 2. The van der Waals surface area contributed by atoms with Gasteiger partial charge in [0.25, 0.3) is 11.8 Å². The van der Waals surface area contributed by atoms with E-state index in [9.17, 15) is 9.59 Å². The van der Waals surface area contributed by atoms with Crippen molar-refractivity contribution >= 4 is 23.6 Å². The molecule has 28 heavy (non-hydrogen) atoms. The standard InChI is InChI=1S/C20H18N4O3S/c1-3-9-23-17(14-8-11-27-13(14)2)21-22-20(23)28-12-10-24-18(25)15-6-4-5-7-16(15)19(24)26/h3-8,11H,1,9-10,12H2,2H3. The fourth-order valence-electron chi connectivity index (χ4n) is 3.18. The normalized spacial score (nSPS) is 13.2. The number of allylic oxidation sites excluding steroid dienone is 1. The first-order valence-electron chi connectivity index (χ1n) is 8.78. The van der Waals surface area contributed by atoms with Gasteiger partial charge in [-0.3, -0.25) is 19.1 Å². The molecule has 0 aliphatic carbocycles. The Balaban J connectivity index is 1.48. The lowest BCUT2D eigenvalue weighted by Crippen LogP contribution is -2.31. The van der Waals surface area contributed by atoms with Gasteiger partial charge in [0.15, 0.2) is 11.0 Å². The number of thioether (sulfide) groups is 1. The molecule has 1 aliphatic heterocycles. The number of hydrogen-bond acceptors (Lipinski definition) is 6. The van der Waals surface area contributed by atoms with E-state index in [1.54, 1.807) is 36.6 Å². The molecule has 0 bridgehead atoms. The minimum absolute atomic E-state index is 0.247. The van der Waals surface area contributed by atoms with Crippen molar-refractivity contribution in [3.63, 3.8) is 0 Å². The number of hydrogen-bond donors (Lipinski definition) is 0. The highest BCUT2D eigenvalue weighted by Crippen LogP contribution is 2.28. The highest BCUT2D eigenvalue weighted by molar-refractivity contribution is 7.99. The van der Waals surface area contributed by atoms with E-state index in [1.165, 1.54) is 16.7 Å². The number of aromatic nitrogens is 3. The third kappa shape index (κ3) is 3.05. The van der Waals surface area contributed by atoms with Crippen molar-refractivity contribution in [3.8, 4) is 11.4 Å². The average Bonchev–Trinajstić information content (AvgIpc) is 3.36. The maximum atomic E-state index is 12.5. The number of carbonyl (C=O) groups excluding carboxylic acids is 2. The second-order valence-electron chi connectivity index (χ2n) is 6.25. The first-order valence-corrected chi connectivity index (χ1v) is 9.77. The van der Waals surface area contributed by atoms with Gasteiger partial charge in [-0.05, 0) is 25.1 Å². The van der Waals surface area contributed by atoms with Crippen LogP contribution in [0.15, 0.2) is 58.8 Å². The number of benzene rings is 1. The maximum absolute atomic E-state index is 12.5. The molecule has 2 amide bonds. The SMILES string of the molecule is C=CCn1c(SCCN2C(=O)c3ccccc3C2=O)nnc1-c1ccoc1C. The van der Waals surface area contributed by atoms with Gasteiger partial charge >= 0.3 is 0 Å². The van der Waals surface area contributed by atoms with Gasteiger partial charge in [0.05, 0.1) is 23.0 Å². The second kappa shape index (κ2) is 7.47. The van der Waals surface area contributed by atoms with Crippen molar-refractivity contribution in [2.75, 3.05) is 12.3 Å². The molecule has 0 saturated heterocycles. The number of nitrogens with zero attached hydrogens (tertiary/aromatic N) is 4. The molecule has 0 fully saturated rings. The highest BCUT2D eigenvalue weighted by atomic mass is 32.2. The van der Waals surface area contributed by atoms with E-state index in [1.807, 2.05) is 17.6 Å². The summed E-state index contributed by atoms with van der Waals surface area (Å²) in [5, 5.41) is 9.26. The quantitative estimate of drug-likeness (QED) is 0.347. The van der Waals surface area contributed by atoms with E-state index in [-0.39, 0.29) is 11.8 Å². The first kappa shape index (κ1) is 18.2. The number of amides is 2. The zero-order valence-electron chi connectivity index (χ0n) is 15.3. The second-order valence-corrected chi connectivity index (χ2v) is 7.31. The summed E-state index contributed by atoms with van der Waals surface area (Å²) in [6, 6.07) is 8.75. The Kier molecular flexibility index (Phi) is 4.87. The third-order valence-electron chi connectivity index (χ3n) is 4.55.